The molecule has 0 aliphatic heterocycles. The van der Waals surface area contributed by atoms with Crippen LogP contribution >= 0.6 is 15.9 Å². The lowest BCUT2D eigenvalue weighted by Crippen LogP contribution is -2.22. The largest absolute Gasteiger partial charge is 0.484 e. The number of hydrogen-bond donors (Lipinski definition) is 1. The second kappa shape index (κ2) is 6.90. The first-order valence-corrected chi connectivity index (χ1v) is 7.22. The minimum Gasteiger partial charge on any atom is -0.484 e. The van der Waals surface area contributed by atoms with Crippen LogP contribution in [0.15, 0.2) is 39.4 Å². The van der Waals surface area contributed by atoms with Crippen LogP contribution in [0.25, 0.3) is 0 Å². The number of furan rings is 1. The average Bonchev–Trinajstić information content (AvgIpc) is 2.83. The van der Waals surface area contributed by atoms with Crippen LogP contribution < -0.4 is 10.1 Å². The van der Waals surface area contributed by atoms with Crippen molar-refractivity contribution in [3.05, 3.63) is 52.1 Å². The van der Waals surface area contributed by atoms with Crippen LogP contribution in [0.5, 0.6) is 5.75 Å². The molecule has 1 N–H and O–H groups in total. The van der Waals surface area contributed by atoms with Crippen LogP contribution in [-0.2, 0) is 13.2 Å². The smallest absolute Gasteiger partial charge is 0.146 e. The summed E-state index contributed by atoms with van der Waals surface area (Å²) in [4.78, 5) is 0. The van der Waals surface area contributed by atoms with Crippen LogP contribution in [0.4, 0.5) is 4.39 Å². The highest BCUT2D eigenvalue weighted by molar-refractivity contribution is 9.10. The zero-order valence-corrected chi connectivity index (χ0v) is 13.0. The van der Waals surface area contributed by atoms with Crippen molar-refractivity contribution in [3.63, 3.8) is 0 Å². The fourth-order valence-corrected chi connectivity index (χ4v) is 2.17. The molecule has 0 unspecified atom stereocenters. The Morgan fingerprint density at radius 2 is 2.15 bits per heavy atom. The lowest BCUT2D eigenvalue weighted by molar-refractivity contribution is 0.266. The summed E-state index contributed by atoms with van der Waals surface area (Å²) in [7, 11) is 0. The third-order valence-electron chi connectivity index (χ3n) is 2.79. The Kier molecular flexibility index (Phi) is 5.20. The highest BCUT2D eigenvalue weighted by Gasteiger charge is 2.09. The van der Waals surface area contributed by atoms with E-state index in [0.29, 0.717) is 22.9 Å². The molecular weight excluding hydrogens is 325 g/mol. The summed E-state index contributed by atoms with van der Waals surface area (Å²) in [5, 5.41) is 3.33. The second-order valence-corrected chi connectivity index (χ2v) is 5.62. The first-order chi connectivity index (χ1) is 9.56. The zero-order chi connectivity index (χ0) is 14.5. The molecule has 20 heavy (non-hydrogen) atoms. The summed E-state index contributed by atoms with van der Waals surface area (Å²) < 4.78 is 24.7. The molecule has 0 saturated heterocycles. The van der Waals surface area contributed by atoms with Gasteiger partial charge < -0.3 is 14.5 Å². The van der Waals surface area contributed by atoms with E-state index in [4.69, 9.17) is 9.15 Å². The molecule has 0 aliphatic carbocycles. The Morgan fingerprint density at radius 1 is 1.35 bits per heavy atom. The van der Waals surface area contributed by atoms with Crippen molar-refractivity contribution >= 4 is 15.9 Å². The first kappa shape index (κ1) is 15.1. The number of nitrogens with one attached hydrogen (secondary N) is 1. The number of hydrogen-bond acceptors (Lipinski definition) is 3. The van der Waals surface area contributed by atoms with E-state index in [9.17, 15) is 4.39 Å². The van der Waals surface area contributed by atoms with Crippen LogP contribution in [0, 0.1) is 5.82 Å². The topological polar surface area (TPSA) is 34.4 Å². The Morgan fingerprint density at radius 3 is 2.85 bits per heavy atom. The van der Waals surface area contributed by atoms with Crippen LogP contribution in [-0.4, -0.2) is 6.04 Å². The quantitative estimate of drug-likeness (QED) is 0.852. The number of rotatable bonds is 6. The number of benzene rings is 1. The van der Waals surface area contributed by atoms with E-state index in [2.05, 4.69) is 35.1 Å². The van der Waals surface area contributed by atoms with Crippen molar-refractivity contribution in [1.82, 2.24) is 5.32 Å². The Bertz CT molecular complexity index is 569. The summed E-state index contributed by atoms with van der Waals surface area (Å²) in [5.74, 6) is 1.06. The van der Waals surface area contributed by atoms with Gasteiger partial charge in [-0.05, 0) is 40.2 Å². The zero-order valence-electron chi connectivity index (χ0n) is 11.5. The molecule has 0 atom stereocenters. The van der Waals surface area contributed by atoms with Crippen molar-refractivity contribution in [2.75, 3.05) is 0 Å². The molecule has 0 amide bonds. The minimum atomic E-state index is -0.302. The summed E-state index contributed by atoms with van der Waals surface area (Å²) in [6.45, 7) is 5.22. The maximum Gasteiger partial charge on any atom is 0.146 e. The van der Waals surface area contributed by atoms with Crippen molar-refractivity contribution < 1.29 is 13.5 Å². The van der Waals surface area contributed by atoms with Gasteiger partial charge in [0, 0.05) is 18.2 Å². The predicted molar refractivity (Wildman–Crippen MR) is 79.1 cm³/mol. The Labute approximate surface area is 126 Å². The van der Waals surface area contributed by atoms with Crippen molar-refractivity contribution in [2.24, 2.45) is 0 Å². The lowest BCUT2D eigenvalue weighted by Gasteiger charge is -2.10. The van der Waals surface area contributed by atoms with E-state index in [1.807, 2.05) is 6.07 Å². The molecule has 2 rings (SSSR count). The van der Waals surface area contributed by atoms with Crippen molar-refractivity contribution in [2.45, 2.75) is 33.0 Å². The third-order valence-corrected chi connectivity index (χ3v) is 3.41. The fraction of sp³-hybridized carbons (Fsp3) is 0.333. The van der Waals surface area contributed by atoms with Gasteiger partial charge in [0.15, 0.2) is 0 Å². The van der Waals surface area contributed by atoms with Crippen molar-refractivity contribution in [3.8, 4) is 5.75 Å². The van der Waals surface area contributed by atoms with Gasteiger partial charge in [-0.3, -0.25) is 0 Å². The monoisotopic (exact) mass is 341 g/mol. The minimum absolute atomic E-state index is 0.302. The summed E-state index contributed by atoms with van der Waals surface area (Å²) in [6.07, 6.45) is 1.65. The molecule has 0 radical (unpaired) electrons. The van der Waals surface area contributed by atoms with Gasteiger partial charge >= 0.3 is 0 Å². The van der Waals surface area contributed by atoms with E-state index in [1.165, 1.54) is 12.1 Å². The molecule has 0 bridgehead atoms. The van der Waals surface area contributed by atoms with Gasteiger partial charge in [-0.15, -0.1) is 0 Å². The van der Waals surface area contributed by atoms with Gasteiger partial charge in [-0.2, -0.15) is 0 Å². The summed E-state index contributed by atoms with van der Waals surface area (Å²) in [6, 6.07) is 6.66. The SMILES string of the molecule is CC(C)NCc1ccoc1COc1ccc(F)cc1Br. The summed E-state index contributed by atoms with van der Waals surface area (Å²) in [5.41, 5.74) is 1.07. The van der Waals surface area contributed by atoms with Gasteiger partial charge in [0.2, 0.25) is 0 Å². The van der Waals surface area contributed by atoms with Crippen LogP contribution in [0.2, 0.25) is 0 Å². The standard InChI is InChI=1S/C15H17BrFNO2/c1-10(2)18-8-11-5-6-19-15(11)9-20-14-4-3-12(17)7-13(14)16/h3-7,10,18H,8-9H2,1-2H3. The molecule has 0 fully saturated rings. The van der Waals surface area contributed by atoms with Crippen molar-refractivity contribution in [1.29, 1.82) is 0 Å². The average molecular weight is 342 g/mol. The molecular formula is C15H17BrFNO2. The summed E-state index contributed by atoms with van der Waals surface area (Å²) >= 11 is 3.27. The molecule has 1 heterocycles. The third kappa shape index (κ3) is 4.08. The van der Waals surface area contributed by atoms with E-state index >= 15 is 0 Å². The van der Waals surface area contributed by atoms with E-state index in [1.54, 1.807) is 12.3 Å². The van der Waals surface area contributed by atoms with Gasteiger partial charge in [0.1, 0.15) is 23.9 Å². The fourth-order valence-electron chi connectivity index (χ4n) is 1.70. The molecule has 1 aromatic carbocycles. The predicted octanol–water partition coefficient (Wildman–Crippen LogP) is 4.26. The highest BCUT2D eigenvalue weighted by atomic mass is 79.9. The maximum atomic E-state index is 13.0. The molecule has 0 spiro atoms. The normalized spacial score (nSPS) is 11.1. The molecule has 108 valence electrons. The maximum absolute atomic E-state index is 13.0. The first-order valence-electron chi connectivity index (χ1n) is 6.42. The second-order valence-electron chi connectivity index (χ2n) is 4.77. The van der Waals surface area contributed by atoms with Gasteiger partial charge in [0.25, 0.3) is 0 Å². The molecule has 0 saturated carbocycles. The van der Waals surface area contributed by atoms with Gasteiger partial charge in [-0.1, -0.05) is 13.8 Å². The molecule has 2 aromatic rings. The van der Waals surface area contributed by atoms with Gasteiger partial charge in [-0.25, -0.2) is 4.39 Å². The number of halogens is 2. The molecule has 5 heteroatoms. The highest BCUT2D eigenvalue weighted by Crippen LogP contribution is 2.26. The molecule has 0 aliphatic rings. The van der Waals surface area contributed by atoms with E-state index in [0.717, 1.165) is 17.9 Å². The Balaban J connectivity index is 1.98. The molecule has 1 aromatic heterocycles. The lowest BCUT2D eigenvalue weighted by atomic mass is 10.2. The van der Waals surface area contributed by atoms with Crippen LogP contribution in [0.1, 0.15) is 25.2 Å². The van der Waals surface area contributed by atoms with Crippen LogP contribution in [0.3, 0.4) is 0 Å². The Hall–Kier alpha value is -1.33. The number of ether oxygens (including phenoxy) is 1. The van der Waals surface area contributed by atoms with Gasteiger partial charge in [0.05, 0.1) is 10.7 Å². The molecule has 3 nitrogen and oxygen atoms in total. The van der Waals surface area contributed by atoms with E-state index in [-0.39, 0.29) is 5.82 Å². The van der Waals surface area contributed by atoms with E-state index < -0.39 is 0 Å².